The lowest BCUT2D eigenvalue weighted by Gasteiger charge is -2.18. The molecule has 30 heavy (non-hydrogen) atoms. The first-order valence-electron chi connectivity index (χ1n) is 10.2. The smallest absolute Gasteiger partial charge is 0.120 e. The molecule has 1 aromatic carbocycles. The van der Waals surface area contributed by atoms with Crippen molar-refractivity contribution in [1.29, 1.82) is 0 Å². The summed E-state index contributed by atoms with van der Waals surface area (Å²) in [6.45, 7) is 13.2. The van der Waals surface area contributed by atoms with E-state index in [2.05, 4.69) is 79.5 Å². The lowest BCUT2D eigenvalue weighted by atomic mass is 9.98. The molecule has 0 radical (unpaired) electrons. The predicted octanol–water partition coefficient (Wildman–Crippen LogP) is 6.16. The summed E-state index contributed by atoms with van der Waals surface area (Å²) in [4.78, 5) is 2.33. The van der Waals surface area contributed by atoms with Gasteiger partial charge in [0.05, 0.1) is 13.2 Å². The van der Waals surface area contributed by atoms with Crippen LogP contribution in [-0.4, -0.2) is 44.4 Å². The minimum atomic E-state index is 0. The Balaban J connectivity index is 0.00000450. The Morgan fingerprint density at radius 1 is 1.10 bits per heavy atom. The highest BCUT2D eigenvalue weighted by Crippen LogP contribution is 2.25. The molecule has 1 aromatic heterocycles. The van der Waals surface area contributed by atoms with Crippen LogP contribution in [0.5, 0.6) is 5.75 Å². The van der Waals surface area contributed by atoms with Crippen LogP contribution in [0, 0.1) is 17.3 Å². The Bertz CT molecular complexity index is 801. The summed E-state index contributed by atoms with van der Waals surface area (Å²) in [7, 11) is 0. The SMILES string of the molecule is CCN(CC=CC#CC(C)(C)C)CCOCCOc1cccc(-c2ccsc2)c1.Cl. The molecule has 0 spiro atoms. The zero-order valence-corrected chi connectivity index (χ0v) is 20.2. The van der Waals surface area contributed by atoms with E-state index in [0.29, 0.717) is 19.8 Å². The number of hydrogen-bond acceptors (Lipinski definition) is 4. The van der Waals surface area contributed by atoms with Crippen molar-refractivity contribution >= 4 is 23.7 Å². The monoisotopic (exact) mass is 447 g/mol. The van der Waals surface area contributed by atoms with E-state index in [9.17, 15) is 0 Å². The molecule has 3 nitrogen and oxygen atoms in total. The maximum atomic E-state index is 5.84. The van der Waals surface area contributed by atoms with Crippen LogP contribution in [0.15, 0.2) is 53.2 Å². The maximum Gasteiger partial charge on any atom is 0.120 e. The summed E-state index contributed by atoms with van der Waals surface area (Å²) in [5.74, 6) is 7.21. The van der Waals surface area contributed by atoms with E-state index < -0.39 is 0 Å². The number of ether oxygens (including phenoxy) is 2. The molecule has 0 atom stereocenters. The molecule has 0 N–H and O–H groups in total. The van der Waals surface area contributed by atoms with Crippen LogP contribution >= 0.6 is 23.7 Å². The molecule has 2 rings (SSSR count). The Hall–Kier alpha value is -1.77. The van der Waals surface area contributed by atoms with Crippen molar-refractivity contribution in [3.05, 3.63) is 53.2 Å². The molecule has 5 heteroatoms. The van der Waals surface area contributed by atoms with Gasteiger partial charge in [0.25, 0.3) is 0 Å². The summed E-state index contributed by atoms with van der Waals surface area (Å²) >= 11 is 1.70. The summed E-state index contributed by atoms with van der Waals surface area (Å²) in [6.07, 6.45) is 4.07. The molecular formula is C25H34ClNO2S. The standard InChI is InChI=1S/C25H33NO2S.ClH/c1-5-26(14-8-6-7-13-25(2,3)4)15-16-27-17-18-28-24-11-9-10-22(20-24)23-12-19-29-21-23;/h6,8-12,19-21H,5,14-18H2,1-4H3;1H. The van der Waals surface area contributed by atoms with Gasteiger partial charge in [0.15, 0.2) is 0 Å². The van der Waals surface area contributed by atoms with E-state index >= 15 is 0 Å². The molecular weight excluding hydrogens is 414 g/mol. The third kappa shape index (κ3) is 10.8. The first-order chi connectivity index (χ1) is 14.0. The van der Waals surface area contributed by atoms with Gasteiger partial charge >= 0.3 is 0 Å². The Labute approximate surface area is 192 Å². The van der Waals surface area contributed by atoms with Gasteiger partial charge in [0, 0.05) is 18.5 Å². The van der Waals surface area contributed by atoms with Crippen molar-refractivity contribution in [1.82, 2.24) is 4.90 Å². The Kier molecular flexibility index (Phi) is 12.5. The lowest BCUT2D eigenvalue weighted by molar-refractivity contribution is 0.0832. The molecule has 0 aliphatic heterocycles. The van der Waals surface area contributed by atoms with Crippen molar-refractivity contribution in [2.45, 2.75) is 27.7 Å². The van der Waals surface area contributed by atoms with Gasteiger partial charge in [-0.15, -0.1) is 12.4 Å². The normalized spacial score (nSPS) is 11.2. The average molecular weight is 448 g/mol. The Morgan fingerprint density at radius 2 is 1.93 bits per heavy atom. The van der Waals surface area contributed by atoms with E-state index in [1.807, 2.05) is 18.2 Å². The van der Waals surface area contributed by atoms with Gasteiger partial charge in [-0.05, 0) is 73.5 Å². The fraction of sp³-hybridized carbons (Fsp3) is 0.440. The first-order valence-corrected chi connectivity index (χ1v) is 11.2. The number of nitrogens with zero attached hydrogens (tertiary/aromatic N) is 1. The van der Waals surface area contributed by atoms with Crippen molar-refractivity contribution < 1.29 is 9.47 Å². The molecule has 164 valence electrons. The minimum absolute atomic E-state index is 0. The van der Waals surface area contributed by atoms with E-state index in [1.165, 1.54) is 11.1 Å². The topological polar surface area (TPSA) is 21.7 Å². The maximum absolute atomic E-state index is 5.84. The van der Waals surface area contributed by atoms with Crippen LogP contribution in [0.25, 0.3) is 11.1 Å². The number of thiophene rings is 1. The molecule has 0 saturated heterocycles. The van der Waals surface area contributed by atoms with Crippen LogP contribution in [0.4, 0.5) is 0 Å². The van der Waals surface area contributed by atoms with Crippen LogP contribution in [0.1, 0.15) is 27.7 Å². The van der Waals surface area contributed by atoms with E-state index in [1.54, 1.807) is 11.3 Å². The molecule has 0 bridgehead atoms. The lowest BCUT2D eigenvalue weighted by Crippen LogP contribution is -2.28. The molecule has 0 unspecified atom stereocenters. The predicted molar refractivity (Wildman–Crippen MR) is 132 cm³/mol. The van der Waals surface area contributed by atoms with Gasteiger partial charge in [-0.3, -0.25) is 4.90 Å². The average Bonchev–Trinajstić information content (AvgIpc) is 3.23. The van der Waals surface area contributed by atoms with Crippen LogP contribution in [-0.2, 0) is 4.74 Å². The van der Waals surface area contributed by atoms with Gasteiger partial charge in [-0.2, -0.15) is 11.3 Å². The van der Waals surface area contributed by atoms with Gasteiger partial charge in [0.1, 0.15) is 12.4 Å². The molecule has 1 heterocycles. The second kappa shape index (κ2) is 14.3. The van der Waals surface area contributed by atoms with Crippen LogP contribution in [0.3, 0.4) is 0 Å². The zero-order valence-electron chi connectivity index (χ0n) is 18.5. The van der Waals surface area contributed by atoms with Gasteiger partial charge in [-0.1, -0.05) is 37.0 Å². The van der Waals surface area contributed by atoms with Gasteiger partial charge in [-0.25, -0.2) is 0 Å². The van der Waals surface area contributed by atoms with E-state index in [0.717, 1.165) is 25.4 Å². The molecule has 0 fully saturated rings. The van der Waals surface area contributed by atoms with E-state index in [4.69, 9.17) is 9.47 Å². The fourth-order valence-corrected chi connectivity index (χ4v) is 3.27. The summed E-state index contributed by atoms with van der Waals surface area (Å²) in [5, 5.41) is 4.24. The van der Waals surface area contributed by atoms with Crippen molar-refractivity contribution in [2.24, 2.45) is 5.41 Å². The fourth-order valence-electron chi connectivity index (χ4n) is 2.61. The van der Waals surface area contributed by atoms with Crippen molar-refractivity contribution in [3.63, 3.8) is 0 Å². The molecule has 0 amide bonds. The summed E-state index contributed by atoms with van der Waals surface area (Å²) in [5.41, 5.74) is 2.47. The number of likely N-dealkylation sites (N-methyl/N-ethyl adjacent to an activating group) is 1. The largest absolute Gasteiger partial charge is 0.491 e. The minimum Gasteiger partial charge on any atom is -0.491 e. The highest BCUT2D eigenvalue weighted by atomic mass is 35.5. The number of hydrogen-bond donors (Lipinski definition) is 0. The number of halogens is 1. The third-order valence-electron chi connectivity index (χ3n) is 4.20. The molecule has 0 aliphatic carbocycles. The highest BCUT2D eigenvalue weighted by Gasteiger charge is 2.03. The second-order valence-electron chi connectivity index (χ2n) is 7.82. The van der Waals surface area contributed by atoms with Crippen molar-refractivity contribution in [3.8, 4) is 28.7 Å². The third-order valence-corrected chi connectivity index (χ3v) is 4.88. The summed E-state index contributed by atoms with van der Waals surface area (Å²) < 4.78 is 11.6. The number of allylic oxidation sites excluding steroid dienone is 1. The van der Waals surface area contributed by atoms with Crippen LogP contribution in [0.2, 0.25) is 0 Å². The van der Waals surface area contributed by atoms with Gasteiger partial charge in [0.2, 0.25) is 0 Å². The van der Waals surface area contributed by atoms with Crippen LogP contribution < -0.4 is 4.74 Å². The zero-order chi connectivity index (χ0) is 21.0. The second-order valence-corrected chi connectivity index (χ2v) is 8.60. The number of rotatable bonds is 11. The highest BCUT2D eigenvalue weighted by molar-refractivity contribution is 7.08. The molecule has 2 aromatic rings. The summed E-state index contributed by atoms with van der Waals surface area (Å²) in [6, 6.07) is 10.3. The number of benzene rings is 1. The first kappa shape index (κ1) is 26.3. The van der Waals surface area contributed by atoms with Crippen molar-refractivity contribution in [2.75, 3.05) is 39.5 Å². The molecule has 0 saturated carbocycles. The Morgan fingerprint density at radius 3 is 2.63 bits per heavy atom. The molecule has 0 aliphatic rings. The van der Waals surface area contributed by atoms with E-state index in [-0.39, 0.29) is 17.8 Å². The van der Waals surface area contributed by atoms with Gasteiger partial charge < -0.3 is 9.47 Å². The quantitative estimate of drug-likeness (QED) is 0.304.